The van der Waals surface area contributed by atoms with Gasteiger partial charge in [-0.05, 0) is 53.9 Å². The van der Waals surface area contributed by atoms with E-state index >= 15 is 0 Å². The van der Waals surface area contributed by atoms with Crippen molar-refractivity contribution in [3.05, 3.63) is 78.6 Å². The third kappa shape index (κ3) is 4.77. The third-order valence-corrected chi connectivity index (χ3v) is 5.43. The van der Waals surface area contributed by atoms with E-state index in [1.165, 1.54) is 12.8 Å². The van der Waals surface area contributed by atoms with Crippen LogP contribution in [0.4, 0.5) is 0 Å². The number of nitrogens with zero attached hydrogens (tertiary/aromatic N) is 2. The Kier molecular flexibility index (Phi) is 6.32. The predicted molar refractivity (Wildman–Crippen MR) is 124 cm³/mol. The lowest BCUT2D eigenvalue weighted by Crippen LogP contribution is -2.24. The van der Waals surface area contributed by atoms with Crippen LogP contribution in [-0.4, -0.2) is 26.9 Å². The van der Waals surface area contributed by atoms with Gasteiger partial charge in [0.25, 0.3) is 5.91 Å². The normalized spacial score (nSPS) is 11.0. The fraction of sp³-hybridized carbons (Fsp3) is 0.231. The molecule has 0 bridgehead atoms. The smallest absolute Gasteiger partial charge is 0.251 e. The lowest BCUT2D eigenvalue weighted by atomic mass is 10.00. The zero-order valence-corrected chi connectivity index (χ0v) is 17.7. The molecule has 0 aliphatic rings. The standard InChI is InChI=1S/C26H27N3O2/c1-2-3-4-6-15-27-26(31)20-11-9-19(10-12-20)21-13-14-24(30)22(17-21)23-18-29-16-7-5-8-25(29)28-23/h5,7-14,16-18,30H,2-4,6,15H2,1H3,(H,27,31). The number of benzene rings is 2. The van der Waals surface area contributed by atoms with Crippen molar-refractivity contribution in [2.24, 2.45) is 0 Å². The zero-order valence-electron chi connectivity index (χ0n) is 17.7. The lowest BCUT2D eigenvalue weighted by molar-refractivity contribution is 0.0953. The highest BCUT2D eigenvalue weighted by molar-refractivity contribution is 5.94. The minimum atomic E-state index is -0.0425. The monoisotopic (exact) mass is 413 g/mol. The fourth-order valence-corrected chi connectivity index (χ4v) is 3.66. The Morgan fingerprint density at radius 2 is 1.81 bits per heavy atom. The first-order valence-corrected chi connectivity index (χ1v) is 10.8. The summed E-state index contributed by atoms with van der Waals surface area (Å²) in [6.45, 7) is 2.88. The number of aromatic nitrogens is 2. The quantitative estimate of drug-likeness (QED) is 0.365. The number of phenolic OH excluding ortho intramolecular Hbond substituents is 1. The topological polar surface area (TPSA) is 66.6 Å². The van der Waals surface area contributed by atoms with E-state index in [-0.39, 0.29) is 11.7 Å². The summed E-state index contributed by atoms with van der Waals surface area (Å²) < 4.78 is 1.93. The predicted octanol–water partition coefficient (Wildman–Crippen LogP) is 5.68. The molecule has 0 unspecified atom stereocenters. The number of unbranched alkanes of at least 4 members (excludes halogenated alkanes) is 3. The molecule has 0 fully saturated rings. The fourth-order valence-electron chi connectivity index (χ4n) is 3.66. The van der Waals surface area contributed by atoms with E-state index in [4.69, 9.17) is 0 Å². The number of phenols is 1. The van der Waals surface area contributed by atoms with Crippen molar-refractivity contribution < 1.29 is 9.90 Å². The van der Waals surface area contributed by atoms with Gasteiger partial charge in [0, 0.05) is 30.1 Å². The van der Waals surface area contributed by atoms with Gasteiger partial charge in [-0.15, -0.1) is 0 Å². The van der Waals surface area contributed by atoms with Gasteiger partial charge in [-0.1, -0.05) is 50.5 Å². The first-order valence-electron chi connectivity index (χ1n) is 10.8. The van der Waals surface area contributed by atoms with Gasteiger partial charge in [-0.2, -0.15) is 0 Å². The van der Waals surface area contributed by atoms with Gasteiger partial charge in [-0.3, -0.25) is 4.79 Å². The van der Waals surface area contributed by atoms with Crippen molar-refractivity contribution in [1.29, 1.82) is 0 Å². The van der Waals surface area contributed by atoms with Gasteiger partial charge < -0.3 is 14.8 Å². The van der Waals surface area contributed by atoms with E-state index in [0.29, 0.717) is 23.4 Å². The van der Waals surface area contributed by atoms with Crippen LogP contribution in [0.2, 0.25) is 0 Å². The van der Waals surface area contributed by atoms with Crippen LogP contribution < -0.4 is 5.32 Å². The molecule has 0 saturated carbocycles. The van der Waals surface area contributed by atoms with Crippen LogP contribution in [0, 0.1) is 0 Å². The molecule has 0 spiro atoms. The Bertz CT molecular complexity index is 1150. The molecule has 2 N–H and O–H groups in total. The third-order valence-electron chi connectivity index (χ3n) is 5.43. The molecule has 5 nitrogen and oxygen atoms in total. The summed E-state index contributed by atoms with van der Waals surface area (Å²) >= 11 is 0. The minimum absolute atomic E-state index is 0.0425. The molecule has 2 aromatic carbocycles. The molecule has 0 radical (unpaired) electrons. The van der Waals surface area contributed by atoms with E-state index in [1.54, 1.807) is 6.07 Å². The number of carbonyl (C=O) groups is 1. The number of pyridine rings is 1. The van der Waals surface area contributed by atoms with Crippen LogP contribution in [0.1, 0.15) is 43.0 Å². The highest BCUT2D eigenvalue weighted by Crippen LogP contribution is 2.33. The molecule has 1 amide bonds. The van der Waals surface area contributed by atoms with Crippen molar-refractivity contribution in [3.8, 4) is 28.1 Å². The SMILES string of the molecule is CCCCCCNC(=O)c1ccc(-c2ccc(O)c(-c3cn4ccccc4n3)c2)cc1. The summed E-state index contributed by atoms with van der Waals surface area (Å²) in [5, 5.41) is 13.4. The highest BCUT2D eigenvalue weighted by Gasteiger charge is 2.11. The number of hydrogen-bond donors (Lipinski definition) is 2. The second-order valence-corrected chi connectivity index (χ2v) is 7.72. The Hall–Kier alpha value is -3.60. The first kappa shape index (κ1) is 20.7. The summed E-state index contributed by atoms with van der Waals surface area (Å²) in [5.74, 6) is 0.144. The average molecular weight is 414 g/mol. The van der Waals surface area contributed by atoms with Crippen molar-refractivity contribution in [1.82, 2.24) is 14.7 Å². The van der Waals surface area contributed by atoms with Crippen molar-refractivity contribution >= 4 is 11.6 Å². The lowest BCUT2D eigenvalue weighted by Gasteiger charge is -2.08. The van der Waals surface area contributed by atoms with E-state index in [9.17, 15) is 9.90 Å². The molecule has 0 atom stereocenters. The Morgan fingerprint density at radius 1 is 1.00 bits per heavy atom. The van der Waals surface area contributed by atoms with Crippen LogP contribution >= 0.6 is 0 Å². The van der Waals surface area contributed by atoms with E-state index in [2.05, 4.69) is 17.2 Å². The maximum atomic E-state index is 12.3. The molecular formula is C26H27N3O2. The van der Waals surface area contributed by atoms with Crippen molar-refractivity contribution in [2.45, 2.75) is 32.6 Å². The summed E-state index contributed by atoms with van der Waals surface area (Å²) in [6.07, 6.45) is 8.38. The largest absolute Gasteiger partial charge is 0.507 e. The van der Waals surface area contributed by atoms with E-state index in [1.807, 2.05) is 71.4 Å². The van der Waals surface area contributed by atoms with E-state index in [0.717, 1.165) is 29.6 Å². The van der Waals surface area contributed by atoms with Crippen LogP contribution in [0.25, 0.3) is 28.0 Å². The number of fused-ring (bicyclic) bond motifs is 1. The number of nitrogens with one attached hydrogen (secondary N) is 1. The molecule has 0 saturated heterocycles. The summed E-state index contributed by atoms with van der Waals surface area (Å²) in [7, 11) is 0. The molecule has 2 heterocycles. The van der Waals surface area contributed by atoms with Crippen molar-refractivity contribution in [3.63, 3.8) is 0 Å². The Morgan fingerprint density at radius 3 is 2.58 bits per heavy atom. The Balaban J connectivity index is 1.51. The maximum absolute atomic E-state index is 12.3. The van der Waals surface area contributed by atoms with Crippen LogP contribution in [0.3, 0.4) is 0 Å². The van der Waals surface area contributed by atoms with Gasteiger partial charge in [0.15, 0.2) is 0 Å². The summed E-state index contributed by atoms with van der Waals surface area (Å²) in [6, 6.07) is 18.9. The summed E-state index contributed by atoms with van der Waals surface area (Å²) in [5.41, 5.74) is 4.80. The Labute approximate surface area is 182 Å². The maximum Gasteiger partial charge on any atom is 0.251 e. The van der Waals surface area contributed by atoms with Gasteiger partial charge in [0.1, 0.15) is 11.4 Å². The second kappa shape index (κ2) is 9.47. The van der Waals surface area contributed by atoms with Crippen LogP contribution in [-0.2, 0) is 0 Å². The molecule has 2 aromatic heterocycles. The van der Waals surface area contributed by atoms with Gasteiger partial charge in [0.05, 0.1) is 5.69 Å². The second-order valence-electron chi connectivity index (χ2n) is 7.72. The van der Waals surface area contributed by atoms with E-state index < -0.39 is 0 Å². The minimum Gasteiger partial charge on any atom is -0.507 e. The number of hydrogen-bond acceptors (Lipinski definition) is 3. The van der Waals surface area contributed by atoms with Gasteiger partial charge in [-0.25, -0.2) is 4.98 Å². The highest BCUT2D eigenvalue weighted by atomic mass is 16.3. The van der Waals surface area contributed by atoms with Gasteiger partial charge >= 0.3 is 0 Å². The molecular weight excluding hydrogens is 386 g/mol. The molecule has 5 heteroatoms. The zero-order chi connectivity index (χ0) is 21.6. The summed E-state index contributed by atoms with van der Waals surface area (Å²) in [4.78, 5) is 17.0. The first-order chi connectivity index (χ1) is 15.2. The number of aromatic hydroxyl groups is 1. The van der Waals surface area contributed by atoms with Crippen LogP contribution in [0.5, 0.6) is 5.75 Å². The number of carbonyl (C=O) groups excluding carboxylic acids is 1. The molecule has 4 aromatic rings. The number of rotatable bonds is 8. The molecule has 4 rings (SSSR count). The molecule has 0 aliphatic carbocycles. The average Bonchev–Trinajstić information content (AvgIpc) is 3.23. The molecule has 158 valence electrons. The number of imidazole rings is 1. The van der Waals surface area contributed by atoms with Crippen LogP contribution in [0.15, 0.2) is 73.1 Å². The molecule has 31 heavy (non-hydrogen) atoms. The molecule has 0 aliphatic heterocycles. The van der Waals surface area contributed by atoms with Gasteiger partial charge in [0.2, 0.25) is 0 Å². The van der Waals surface area contributed by atoms with Crippen molar-refractivity contribution in [2.75, 3.05) is 6.54 Å². The number of amides is 1.